The van der Waals surface area contributed by atoms with Gasteiger partial charge in [0.1, 0.15) is 5.82 Å². The predicted octanol–water partition coefficient (Wildman–Crippen LogP) is 4.66. The Morgan fingerprint density at radius 3 is 2.53 bits per heavy atom. The summed E-state index contributed by atoms with van der Waals surface area (Å²) in [7, 11) is 0. The van der Waals surface area contributed by atoms with Crippen molar-refractivity contribution in [2.75, 3.05) is 42.1 Å². The van der Waals surface area contributed by atoms with Crippen molar-refractivity contribution in [3.8, 4) is 0 Å². The number of amides is 1. The maximum absolute atomic E-state index is 13.0. The first-order valence-corrected chi connectivity index (χ1v) is 12.2. The molecule has 0 spiro atoms. The Morgan fingerprint density at radius 2 is 1.79 bits per heavy atom. The summed E-state index contributed by atoms with van der Waals surface area (Å²) in [4.78, 5) is 25.7. The lowest BCUT2D eigenvalue weighted by Gasteiger charge is -2.36. The zero-order valence-electron chi connectivity index (χ0n) is 18.4. The fourth-order valence-electron chi connectivity index (χ4n) is 3.96. The van der Waals surface area contributed by atoms with E-state index in [1.54, 1.807) is 11.0 Å². The smallest absolute Gasteiger partial charge is 0.368 e. The van der Waals surface area contributed by atoms with Crippen LogP contribution in [0.1, 0.15) is 18.4 Å². The molecular weight excluding hydrogens is 463 g/mol. The molecule has 6 nitrogen and oxygen atoms in total. The number of piperazine rings is 1. The van der Waals surface area contributed by atoms with Gasteiger partial charge in [0.15, 0.2) is 5.16 Å². The number of alkyl halides is 3. The van der Waals surface area contributed by atoms with Crippen LogP contribution in [0.25, 0.3) is 10.9 Å². The normalized spacial score (nSPS) is 16.7. The van der Waals surface area contributed by atoms with E-state index in [4.69, 9.17) is 0 Å². The van der Waals surface area contributed by atoms with Crippen LogP contribution < -0.4 is 10.2 Å². The number of nitrogens with one attached hydrogen (secondary N) is 1. The van der Waals surface area contributed by atoms with Crippen LogP contribution in [0.4, 0.5) is 24.7 Å². The number of hydrogen-bond donors (Lipinski definition) is 1. The first-order valence-electron chi connectivity index (χ1n) is 11.2. The highest BCUT2D eigenvalue weighted by atomic mass is 32.2. The molecule has 1 amide bonds. The molecule has 2 fully saturated rings. The zero-order chi connectivity index (χ0) is 23.7. The number of carbonyl (C=O) groups excluding carboxylic acids is 1. The average molecular weight is 488 g/mol. The fourth-order valence-corrected chi connectivity index (χ4v) is 4.72. The third-order valence-corrected chi connectivity index (χ3v) is 6.83. The Balaban J connectivity index is 1.19. The van der Waals surface area contributed by atoms with E-state index in [0.717, 1.165) is 41.7 Å². The number of fused-ring (bicyclic) bond motifs is 1. The molecule has 0 radical (unpaired) electrons. The van der Waals surface area contributed by atoms with Gasteiger partial charge in [-0.2, -0.15) is 13.2 Å². The van der Waals surface area contributed by atoms with Crippen LogP contribution >= 0.6 is 11.8 Å². The molecule has 10 heteroatoms. The quantitative estimate of drug-likeness (QED) is 0.403. The summed E-state index contributed by atoms with van der Waals surface area (Å²) in [6, 6.07) is 13.6. The summed E-state index contributed by atoms with van der Waals surface area (Å²) in [6.07, 6.45) is -2.11. The molecule has 34 heavy (non-hydrogen) atoms. The minimum atomic E-state index is -4.37. The topological polar surface area (TPSA) is 61.4 Å². The minimum Gasteiger partial charge on any atom is -0.368 e. The molecule has 1 N–H and O–H groups in total. The second kappa shape index (κ2) is 9.32. The Hall–Kier alpha value is -3.01. The van der Waals surface area contributed by atoms with E-state index in [-0.39, 0.29) is 11.7 Å². The number of nitrogens with zero attached hydrogens (tertiary/aromatic N) is 4. The lowest BCUT2D eigenvalue weighted by Crippen LogP contribution is -2.49. The van der Waals surface area contributed by atoms with E-state index < -0.39 is 11.7 Å². The Morgan fingerprint density at radius 1 is 1.03 bits per heavy atom. The highest BCUT2D eigenvalue weighted by Gasteiger charge is 2.31. The maximum Gasteiger partial charge on any atom is 0.416 e. The third kappa shape index (κ3) is 5.22. The van der Waals surface area contributed by atoms with Crippen molar-refractivity contribution in [2.45, 2.75) is 30.2 Å². The van der Waals surface area contributed by atoms with Gasteiger partial charge in [-0.15, -0.1) is 0 Å². The molecule has 3 aromatic rings. The van der Waals surface area contributed by atoms with Crippen LogP contribution in [-0.4, -0.2) is 58.7 Å². The standard InChI is InChI=1S/C24H24F3N5OS/c25-24(26,27)16-4-3-5-18(14-16)31-10-12-32(13-11-31)21(33)15-34-23-29-20-7-2-1-6-19(20)22(30-23)28-17-8-9-17/h1-7,14,17H,8-13,15H2,(H,28,29,30). The van der Waals surface area contributed by atoms with Crippen molar-refractivity contribution in [3.63, 3.8) is 0 Å². The number of carbonyl (C=O) groups is 1. The van der Waals surface area contributed by atoms with E-state index in [1.165, 1.54) is 17.8 Å². The van der Waals surface area contributed by atoms with Gasteiger partial charge in [0.2, 0.25) is 5.91 Å². The van der Waals surface area contributed by atoms with Gasteiger partial charge in [-0.3, -0.25) is 4.79 Å². The Bertz CT molecular complexity index is 1190. The highest BCUT2D eigenvalue weighted by molar-refractivity contribution is 7.99. The molecule has 1 aromatic heterocycles. The first-order chi connectivity index (χ1) is 16.4. The largest absolute Gasteiger partial charge is 0.416 e. The van der Waals surface area contributed by atoms with Crippen LogP contribution in [0.2, 0.25) is 0 Å². The molecule has 178 valence electrons. The molecule has 0 unspecified atom stereocenters. The van der Waals surface area contributed by atoms with Crippen LogP contribution in [0.15, 0.2) is 53.7 Å². The number of aromatic nitrogens is 2. The van der Waals surface area contributed by atoms with E-state index >= 15 is 0 Å². The molecule has 2 aromatic carbocycles. The molecule has 1 saturated heterocycles. The summed E-state index contributed by atoms with van der Waals surface area (Å²) < 4.78 is 39.0. The van der Waals surface area contributed by atoms with Gasteiger partial charge < -0.3 is 15.1 Å². The molecule has 0 atom stereocenters. The molecule has 5 rings (SSSR count). The number of para-hydroxylation sites is 1. The van der Waals surface area contributed by atoms with Gasteiger partial charge in [0.25, 0.3) is 0 Å². The second-order valence-corrected chi connectivity index (χ2v) is 9.44. The molecule has 1 aliphatic heterocycles. The van der Waals surface area contributed by atoms with Crippen molar-refractivity contribution in [2.24, 2.45) is 0 Å². The van der Waals surface area contributed by atoms with Crippen LogP contribution in [0.3, 0.4) is 0 Å². The van der Waals surface area contributed by atoms with Crippen LogP contribution in [0, 0.1) is 0 Å². The van der Waals surface area contributed by atoms with Crippen LogP contribution in [-0.2, 0) is 11.0 Å². The van der Waals surface area contributed by atoms with Crippen LogP contribution in [0.5, 0.6) is 0 Å². The predicted molar refractivity (Wildman–Crippen MR) is 127 cm³/mol. The number of halogens is 3. The molecule has 1 saturated carbocycles. The molecular formula is C24H24F3N5OS. The van der Waals surface area contributed by atoms with Crippen molar-refractivity contribution in [3.05, 3.63) is 54.1 Å². The number of hydrogen-bond acceptors (Lipinski definition) is 6. The zero-order valence-corrected chi connectivity index (χ0v) is 19.2. The lowest BCUT2D eigenvalue weighted by atomic mass is 10.1. The molecule has 2 aliphatic rings. The Labute approximate surface area is 199 Å². The fraction of sp³-hybridized carbons (Fsp3) is 0.375. The lowest BCUT2D eigenvalue weighted by molar-refractivity contribution is -0.137. The van der Waals surface area contributed by atoms with E-state index in [2.05, 4.69) is 15.3 Å². The minimum absolute atomic E-state index is 0.0258. The monoisotopic (exact) mass is 487 g/mol. The van der Waals surface area contributed by atoms with Crippen molar-refractivity contribution in [1.82, 2.24) is 14.9 Å². The van der Waals surface area contributed by atoms with E-state index in [0.29, 0.717) is 43.1 Å². The summed E-state index contributed by atoms with van der Waals surface area (Å²) in [5, 5.41) is 4.97. The van der Waals surface area contributed by atoms with Gasteiger partial charge in [0, 0.05) is 43.3 Å². The molecule has 1 aliphatic carbocycles. The number of anilines is 2. The highest BCUT2D eigenvalue weighted by Crippen LogP contribution is 2.32. The van der Waals surface area contributed by atoms with E-state index in [9.17, 15) is 18.0 Å². The summed E-state index contributed by atoms with van der Waals surface area (Å²) in [5.74, 6) is 0.991. The van der Waals surface area contributed by atoms with Gasteiger partial charge in [-0.1, -0.05) is 30.0 Å². The SMILES string of the molecule is O=C(CSc1nc(NC2CC2)c2ccccc2n1)N1CCN(c2cccc(C(F)(F)F)c2)CC1. The number of benzene rings is 2. The number of thioether (sulfide) groups is 1. The van der Waals surface area contributed by atoms with Crippen molar-refractivity contribution in [1.29, 1.82) is 0 Å². The molecule has 2 heterocycles. The van der Waals surface area contributed by atoms with Crippen molar-refractivity contribution >= 4 is 40.1 Å². The summed E-state index contributed by atoms with van der Waals surface area (Å²) >= 11 is 1.31. The maximum atomic E-state index is 13.0. The average Bonchev–Trinajstić information content (AvgIpc) is 3.66. The first kappa shape index (κ1) is 22.8. The van der Waals surface area contributed by atoms with Gasteiger partial charge in [-0.05, 0) is 43.2 Å². The second-order valence-electron chi connectivity index (χ2n) is 8.50. The number of rotatable bonds is 6. The third-order valence-electron chi connectivity index (χ3n) is 6.00. The summed E-state index contributed by atoms with van der Waals surface area (Å²) in [5.41, 5.74) is 0.702. The van der Waals surface area contributed by atoms with Gasteiger partial charge in [-0.25, -0.2) is 9.97 Å². The van der Waals surface area contributed by atoms with Crippen molar-refractivity contribution < 1.29 is 18.0 Å². The summed E-state index contributed by atoms with van der Waals surface area (Å²) in [6.45, 7) is 1.89. The van der Waals surface area contributed by atoms with Gasteiger partial charge >= 0.3 is 6.18 Å². The molecule has 0 bridgehead atoms. The van der Waals surface area contributed by atoms with E-state index in [1.807, 2.05) is 29.2 Å². The van der Waals surface area contributed by atoms with Gasteiger partial charge in [0.05, 0.1) is 16.8 Å². The Kier molecular flexibility index (Phi) is 6.24.